The van der Waals surface area contributed by atoms with Crippen LogP contribution in [-0.4, -0.2) is 5.91 Å². The molecule has 2 aromatic carbocycles. The van der Waals surface area contributed by atoms with E-state index in [1.165, 1.54) is 0 Å². The van der Waals surface area contributed by atoms with E-state index >= 15 is 0 Å². The molecule has 0 radical (unpaired) electrons. The van der Waals surface area contributed by atoms with Gasteiger partial charge in [-0.1, -0.05) is 61.3 Å². The largest absolute Gasteiger partial charge is 0.277 e. The lowest BCUT2D eigenvalue weighted by atomic mass is 9.90. The molecule has 2 aromatic rings. The molecule has 1 atom stereocenters. The number of anilines is 2. The molecule has 0 aliphatic carbocycles. The lowest BCUT2D eigenvalue weighted by molar-refractivity contribution is -0.119. The van der Waals surface area contributed by atoms with E-state index in [0.717, 1.165) is 11.3 Å². The first-order valence-corrected chi connectivity index (χ1v) is 7.65. The number of carbonyl (C=O) groups excluding carboxylic acids is 1. The molecule has 1 amide bonds. The summed E-state index contributed by atoms with van der Waals surface area (Å²) in [5.74, 6) is 0.0830. The number of para-hydroxylation sites is 2. The van der Waals surface area contributed by atoms with Gasteiger partial charge in [-0.2, -0.15) is 0 Å². The molecule has 0 bridgehead atoms. The molecule has 0 N–H and O–H groups in total. The summed E-state index contributed by atoms with van der Waals surface area (Å²) in [4.78, 5) is 14.6. The summed E-state index contributed by atoms with van der Waals surface area (Å²) >= 11 is 12.6. The summed E-state index contributed by atoms with van der Waals surface area (Å²) in [5, 5.41) is 0.963. The van der Waals surface area contributed by atoms with E-state index in [-0.39, 0.29) is 17.7 Å². The van der Waals surface area contributed by atoms with Crippen LogP contribution < -0.4 is 4.90 Å². The van der Waals surface area contributed by atoms with Crippen molar-refractivity contribution >= 4 is 40.5 Å². The number of rotatable bonds is 2. The second kappa shape index (κ2) is 5.36. The van der Waals surface area contributed by atoms with Crippen LogP contribution in [0.1, 0.15) is 25.3 Å². The fourth-order valence-electron chi connectivity index (χ4n) is 2.92. The van der Waals surface area contributed by atoms with Crippen LogP contribution in [0, 0.1) is 5.92 Å². The van der Waals surface area contributed by atoms with Gasteiger partial charge in [0.1, 0.15) is 0 Å². The number of halogens is 2. The normalized spacial score (nSPS) is 17.5. The quantitative estimate of drug-likeness (QED) is 0.724. The third kappa shape index (κ3) is 2.23. The van der Waals surface area contributed by atoms with E-state index in [1.807, 2.05) is 24.3 Å². The van der Waals surface area contributed by atoms with Crippen molar-refractivity contribution in [2.24, 2.45) is 5.92 Å². The number of benzene rings is 2. The van der Waals surface area contributed by atoms with Crippen LogP contribution in [0.4, 0.5) is 11.4 Å². The van der Waals surface area contributed by atoms with Crippen molar-refractivity contribution < 1.29 is 4.79 Å². The SMILES string of the molecule is CC(C)C1C(=O)N(c2c(Cl)cccc2Cl)c2ccccc21. The third-order valence-electron chi connectivity index (χ3n) is 3.83. The summed E-state index contributed by atoms with van der Waals surface area (Å²) in [7, 11) is 0. The Kier molecular flexibility index (Phi) is 3.68. The maximum absolute atomic E-state index is 12.9. The fourth-order valence-corrected chi connectivity index (χ4v) is 3.49. The van der Waals surface area contributed by atoms with Gasteiger partial charge in [0.2, 0.25) is 5.91 Å². The van der Waals surface area contributed by atoms with E-state index < -0.39 is 0 Å². The minimum atomic E-state index is -0.159. The highest BCUT2D eigenvalue weighted by Gasteiger charge is 2.40. The lowest BCUT2D eigenvalue weighted by Gasteiger charge is -2.21. The predicted octanol–water partition coefficient (Wildman–Crippen LogP) is 5.41. The average Bonchev–Trinajstić information content (AvgIpc) is 2.72. The van der Waals surface area contributed by atoms with Gasteiger partial charge in [0.15, 0.2) is 0 Å². The van der Waals surface area contributed by atoms with Crippen molar-refractivity contribution in [3.8, 4) is 0 Å². The fraction of sp³-hybridized carbons (Fsp3) is 0.235. The molecule has 0 saturated carbocycles. The number of carbonyl (C=O) groups is 1. The van der Waals surface area contributed by atoms with Crippen molar-refractivity contribution in [3.63, 3.8) is 0 Å². The van der Waals surface area contributed by atoms with E-state index in [0.29, 0.717) is 15.7 Å². The van der Waals surface area contributed by atoms with Crippen molar-refractivity contribution in [2.45, 2.75) is 19.8 Å². The zero-order valence-electron chi connectivity index (χ0n) is 11.8. The standard InChI is InChI=1S/C17H15Cl2NO/c1-10(2)15-11-6-3-4-9-14(11)20(17(15)21)16-12(18)7-5-8-13(16)19/h3-10,15H,1-2H3. The Hall–Kier alpha value is -1.51. The Bertz CT molecular complexity index is 691. The Morgan fingerprint density at radius 3 is 2.24 bits per heavy atom. The maximum Gasteiger partial charge on any atom is 0.239 e. The third-order valence-corrected chi connectivity index (χ3v) is 4.44. The molecule has 21 heavy (non-hydrogen) atoms. The molecule has 108 valence electrons. The van der Waals surface area contributed by atoms with E-state index in [4.69, 9.17) is 23.2 Å². The van der Waals surface area contributed by atoms with Gasteiger partial charge in [-0.15, -0.1) is 0 Å². The molecule has 0 aromatic heterocycles. The molecular weight excluding hydrogens is 305 g/mol. The number of fused-ring (bicyclic) bond motifs is 1. The summed E-state index contributed by atoms with van der Waals surface area (Å²) in [6, 6.07) is 13.1. The van der Waals surface area contributed by atoms with Crippen LogP contribution in [-0.2, 0) is 4.79 Å². The van der Waals surface area contributed by atoms with Gasteiger partial charge in [-0.05, 0) is 29.7 Å². The highest BCUT2D eigenvalue weighted by molar-refractivity contribution is 6.40. The van der Waals surface area contributed by atoms with Crippen molar-refractivity contribution in [1.29, 1.82) is 0 Å². The summed E-state index contributed by atoms with van der Waals surface area (Å²) in [6.45, 7) is 4.11. The molecule has 0 fully saturated rings. The Morgan fingerprint density at radius 2 is 1.62 bits per heavy atom. The van der Waals surface area contributed by atoms with Crippen molar-refractivity contribution in [3.05, 3.63) is 58.1 Å². The first kappa shape index (κ1) is 14.4. The molecular formula is C17H15Cl2NO. The molecule has 2 nitrogen and oxygen atoms in total. The van der Waals surface area contributed by atoms with Gasteiger partial charge < -0.3 is 0 Å². The monoisotopic (exact) mass is 319 g/mol. The summed E-state index contributed by atoms with van der Waals surface area (Å²) in [5.41, 5.74) is 2.48. The second-order valence-corrected chi connectivity index (χ2v) is 6.34. The number of hydrogen-bond donors (Lipinski definition) is 0. The highest BCUT2D eigenvalue weighted by atomic mass is 35.5. The van der Waals surface area contributed by atoms with E-state index in [2.05, 4.69) is 13.8 Å². The molecule has 1 heterocycles. The van der Waals surface area contributed by atoms with Crippen LogP contribution in [0.2, 0.25) is 10.0 Å². The predicted molar refractivity (Wildman–Crippen MR) is 87.6 cm³/mol. The summed E-state index contributed by atoms with van der Waals surface area (Å²) in [6.07, 6.45) is 0. The second-order valence-electron chi connectivity index (χ2n) is 5.52. The number of hydrogen-bond acceptors (Lipinski definition) is 1. The van der Waals surface area contributed by atoms with Crippen LogP contribution in [0.3, 0.4) is 0 Å². The zero-order valence-corrected chi connectivity index (χ0v) is 13.3. The molecule has 1 aliphatic heterocycles. The van der Waals surface area contributed by atoms with Crippen molar-refractivity contribution in [2.75, 3.05) is 4.90 Å². The minimum Gasteiger partial charge on any atom is -0.277 e. The van der Waals surface area contributed by atoms with Gasteiger partial charge in [0.05, 0.1) is 27.3 Å². The lowest BCUT2D eigenvalue weighted by Crippen LogP contribution is -2.26. The number of nitrogens with zero attached hydrogens (tertiary/aromatic N) is 1. The van der Waals surface area contributed by atoms with Crippen LogP contribution in [0.25, 0.3) is 0 Å². The minimum absolute atomic E-state index is 0.0289. The molecule has 4 heteroatoms. The first-order chi connectivity index (χ1) is 10.0. The van der Waals surface area contributed by atoms with Gasteiger partial charge >= 0.3 is 0 Å². The molecule has 3 rings (SSSR count). The van der Waals surface area contributed by atoms with Crippen LogP contribution >= 0.6 is 23.2 Å². The van der Waals surface area contributed by atoms with Crippen LogP contribution in [0.5, 0.6) is 0 Å². The smallest absolute Gasteiger partial charge is 0.239 e. The number of amides is 1. The van der Waals surface area contributed by atoms with E-state index in [9.17, 15) is 4.79 Å². The Labute approximate surface area is 134 Å². The summed E-state index contributed by atoms with van der Waals surface area (Å²) < 4.78 is 0. The topological polar surface area (TPSA) is 20.3 Å². The highest BCUT2D eigenvalue weighted by Crippen LogP contribution is 2.48. The average molecular weight is 320 g/mol. The zero-order chi connectivity index (χ0) is 15.1. The maximum atomic E-state index is 12.9. The molecule has 1 unspecified atom stereocenters. The van der Waals surface area contributed by atoms with Gasteiger partial charge in [0.25, 0.3) is 0 Å². The van der Waals surface area contributed by atoms with Crippen molar-refractivity contribution in [1.82, 2.24) is 0 Å². The van der Waals surface area contributed by atoms with Gasteiger partial charge in [0, 0.05) is 0 Å². The van der Waals surface area contributed by atoms with Gasteiger partial charge in [-0.3, -0.25) is 9.69 Å². The van der Waals surface area contributed by atoms with Crippen LogP contribution in [0.15, 0.2) is 42.5 Å². The molecule has 0 spiro atoms. The molecule has 0 saturated heterocycles. The Balaban J connectivity index is 2.23. The Morgan fingerprint density at radius 1 is 1.00 bits per heavy atom. The molecule has 1 aliphatic rings. The van der Waals surface area contributed by atoms with Gasteiger partial charge in [-0.25, -0.2) is 0 Å². The first-order valence-electron chi connectivity index (χ1n) is 6.89. The van der Waals surface area contributed by atoms with E-state index in [1.54, 1.807) is 23.1 Å².